The van der Waals surface area contributed by atoms with Gasteiger partial charge in [0.05, 0.1) is 19.6 Å². The van der Waals surface area contributed by atoms with Crippen LogP contribution in [0, 0.1) is 25.3 Å². The SMILES string of the molecule is COC[CH]NC(=O)[C@@H](NC(=O)[C@H](CCCc1ccc(-c2ccccc2)c(C)c1)CC(=O)O)C(C)C. The third kappa shape index (κ3) is 9.17. The van der Waals surface area contributed by atoms with E-state index in [-0.39, 0.29) is 24.9 Å². The number of methoxy groups -OCH3 is 1. The van der Waals surface area contributed by atoms with Gasteiger partial charge in [0, 0.05) is 13.0 Å². The van der Waals surface area contributed by atoms with E-state index in [9.17, 15) is 19.5 Å². The molecule has 3 N–H and O–H groups in total. The minimum Gasteiger partial charge on any atom is -0.481 e. The fraction of sp³-hybridized carbons (Fsp3) is 0.429. The molecule has 0 heterocycles. The van der Waals surface area contributed by atoms with Crippen molar-refractivity contribution in [2.75, 3.05) is 13.7 Å². The van der Waals surface area contributed by atoms with E-state index in [1.54, 1.807) is 0 Å². The second-order valence-corrected chi connectivity index (χ2v) is 9.10. The van der Waals surface area contributed by atoms with Gasteiger partial charge in [-0.05, 0) is 54.4 Å². The van der Waals surface area contributed by atoms with E-state index < -0.39 is 23.8 Å². The number of benzene rings is 2. The summed E-state index contributed by atoms with van der Waals surface area (Å²) in [5.41, 5.74) is 4.66. The molecule has 0 saturated heterocycles. The highest BCUT2D eigenvalue weighted by molar-refractivity contribution is 5.90. The summed E-state index contributed by atoms with van der Waals surface area (Å²) in [7, 11) is 1.51. The van der Waals surface area contributed by atoms with Crippen molar-refractivity contribution >= 4 is 17.8 Å². The monoisotopic (exact) mass is 481 g/mol. The van der Waals surface area contributed by atoms with Gasteiger partial charge in [-0.3, -0.25) is 14.4 Å². The zero-order chi connectivity index (χ0) is 25.8. The molecule has 0 aliphatic rings. The lowest BCUT2D eigenvalue weighted by Crippen LogP contribution is -2.51. The number of nitrogens with one attached hydrogen (secondary N) is 2. The minimum absolute atomic E-state index is 0.161. The molecule has 7 heteroatoms. The summed E-state index contributed by atoms with van der Waals surface area (Å²) in [6, 6.07) is 15.8. The van der Waals surface area contributed by atoms with Crippen molar-refractivity contribution < 1.29 is 24.2 Å². The molecule has 1 radical (unpaired) electrons. The molecule has 0 aromatic heterocycles. The second kappa shape index (κ2) is 14.3. The van der Waals surface area contributed by atoms with Crippen LogP contribution in [-0.2, 0) is 25.5 Å². The summed E-state index contributed by atoms with van der Waals surface area (Å²) in [5, 5.41) is 14.7. The fourth-order valence-corrected chi connectivity index (χ4v) is 4.03. The second-order valence-electron chi connectivity index (χ2n) is 9.10. The van der Waals surface area contributed by atoms with Gasteiger partial charge < -0.3 is 20.5 Å². The van der Waals surface area contributed by atoms with Crippen LogP contribution in [0.4, 0.5) is 0 Å². The molecule has 2 aromatic rings. The van der Waals surface area contributed by atoms with E-state index in [4.69, 9.17) is 4.74 Å². The lowest BCUT2D eigenvalue weighted by molar-refractivity contribution is -0.141. The first-order valence-corrected chi connectivity index (χ1v) is 12.0. The molecular formula is C28H37N2O5. The molecule has 35 heavy (non-hydrogen) atoms. The lowest BCUT2D eigenvalue weighted by Gasteiger charge is -2.24. The first kappa shape index (κ1) is 28.1. The van der Waals surface area contributed by atoms with Crippen molar-refractivity contribution in [2.45, 2.75) is 52.5 Å². The minimum atomic E-state index is -1.04. The van der Waals surface area contributed by atoms with Crippen molar-refractivity contribution in [1.82, 2.24) is 10.6 Å². The van der Waals surface area contributed by atoms with E-state index in [2.05, 4.69) is 47.9 Å². The van der Waals surface area contributed by atoms with E-state index in [1.165, 1.54) is 30.3 Å². The molecule has 2 aromatic carbocycles. The highest BCUT2D eigenvalue weighted by Crippen LogP contribution is 2.25. The Morgan fingerprint density at radius 2 is 1.77 bits per heavy atom. The molecule has 189 valence electrons. The van der Waals surface area contributed by atoms with Gasteiger partial charge in [-0.1, -0.05) is 62.4 Å². The maximum Gasteiger partial charge on any atom is 0.304 e. The molecule has 0 aliphatic carbocycles. The summed E-state index contributed by atoms with van der Waals surface area (Å²) >= 11 is 0. The topological polar surface area (TPSA) is 105 Å². The summed E-state index contributed by atoms with van der Waals surface area (Å²) in [6.07, 6.45) is 1.54. The molecule has 0 unspecified atom stereocenters. The quantitative estimate of drug-likeness (QED) is 0.352. The summed E-state index contributed by atoms with van der Waals surface area (Å²) in [4.78, 5) is 36.8. The van der Waals surface area contributed by atoms with Crippen LogP contribution in [0.5, 0.6) is 0 Å². The van der Waals surface area contributed by atoms with E-state index in [0.29, 0.717) is 12.8 Å². The van der Waals surface area contributed by atoms with Gasteiger partial charge >= 0.3 is 5.97 Å². The van der Waals surface area contributed by atoms with Crippen molar-refractivity contribution in [1.29, 1.82) is 0 Å². The van der Waals surface area contributed by atoms with Gasteiger partial charge in [0.2, 0.25) is 11.8 Å². The standard InChI is InChI=1S/C28H37N2O5/c1-19(2)26(28(34)29-15-16-35-4)30-27(33)23(18-25(31)32)12-8-9-21-13-14-24(20(3)17-21)22-10-6-5-7-11-22/h5-7,10-11,13-15,17,19,23,26H,8-9,12,16,18H2,1-4H3,(H,29,34)(H,30,33)(H,31,32)/t23-,26+/m1/s1. The number of aliphatic carboxylic acids is 1. The Morgan fingerprint density at radius 3 is 2.37 bits per heavy atom. The van der Waals surface area contributed by atoms with Crippen molar-refractivity contribution in [3.8, 4) is 11.1 Å². The summed E-state index contributed by atoms with van der Waals surface area (Å²) < 4.78 is 4.89. The number of carboxylic acid groups (broad SMARTS) is 1. The van der Waals surface area contributed by atoms with Crippen LogP contribution in [0.25, 0.3) is 11.1 Å². The van der Waals surface area contributed by atoms with Crippen LogP contribution in [0.15, 0.2) is 48.5 Å². The molecule has 0 saturated carbocycles. The van der Waals surface area contributed by atoms with E-state index in [1.807, 2.05) is 32.0 Å². The number of amides is 2. The Hall–Kier alpha value is -3.19. The normalized spacial score (nSPS) is 12.7. The van der Waals surface area contributed by atoms with Crippen LogP contribution in [0.1, 0.15) is 44.2 Å². The third-order valence-electron chi connectivity index (χ3n) is 5.93. The van der Waals surface area contributed by atoms with Gasteiger partial charge in [0.1, 0.15) is 6.04 Å². The number of carbonyl (C=O) groups is 3. The highest BCUT2D eigenvalue weighted by atomic mass is 16.5. The smallest absolute Gasteiger partial charge is 0.304 e. The average Bonchev–Trinajstić information content (AvgIpc) is 2.82. The van der Waals surface area contributed by atoms with Crippen molar-refractivity contribution in [3.63, 3.8) is 0 Å². The van der Waals surface area contributed by atoms with Crippen molar-refractivity contribution in [2.24, 2.45) is 11.8 Å². The molecule has 0 bridgehead atoms. The maximum absolute atomic E-state index is 12.9. The molecular weight excluding hydrogens is 444 g/mol. The Balaban J connectivity index is 1.99. The van der Waals surface area contributed by atoms with Gasteiger partial charge in [0.25, 0.3) is 0 Å². The van der Waals surface area contributed by atoms with Crippen LogP contribution in [-0.4, -0.2) is 42.6 Å². The molecule has 0 aliphatic heterocycles. The Morgan fingerprint density at radius 1 is 1.06 bits per heavy atom. The molecule has 2 rings (SSSR count). The van der Waals surface area contributed by atoms with Crippen LogP contribution in [0.3, 0.4) is 0 Å². The lowest BCUT2D eigenvalue weighted by atomic mass is 9.93. The molecule has 0 spiro atoms. The number of hydrogen-bond donors (Lipinski definition) is 3. The molecule has 7 nitrogen and oxygen atoms in total. The van der Waals surface area contributed by atoms with E-state index >= 15 is 0 Å². The third-order valence-corrected chi connectivity index (χ3v) is 5.93. The molecule has 2 amide bonds. The van der Waals surface area contributed by atoms with Gasteiger partial charge in [-0.25, -0.2) is 0 Å². The van der Waals surface area contributed by atoms with Gasteiger partial charge in [-0.2, -0.15) is 0 Å². The predicted molar refractivity (Wildman–Crippen MR) is 136 cm³/mol. The number of ether oxygens (including phenoxy) is 1. The Bertz CT molecular complexity index is 975. The Kier molecular flexibility index (Phi) is 11.4. The number of carbonyl (C=O) groups excluding carboxylic acids is 2. The number of rotatable bonds is 14. The predicted octanol–water partition coefficient (Wildman–Crippen LogP) is 4.14. The van der Waals surface area contributed by atoms with Gasteiger partial charge in [-0.15, -0.1) is 0 Å². The number of carboxylic acids is 1. The average molecular weight is 482 g/mol. The first-order valence-electron chi connectivity index (χ1n) is 12.0. The highest BCUT2D eigenvalue weighted by Gasteiger charge is 2.28. The van der Waals surface area contributed by atoms with Gasteiger partial charge in [0.15, 0.2) is 0 Å². The first-order chi connectivity index (χ1) is 16.7. The van der Waals surface area contributed by atoms with Crippen LogP contribution in [0.2, 0.25) is 0 Å². The largest absolute Gasteiger partial charge is 0.481 e. The maximum atomic E-state index is 12.9. The van der Waals surface area contributed by atoms with Crippen LogP contribution >= 0.6 is 0 Å². The van der Waals surface area contributed by atoms with Crippen molar-refractivity contribution in [3.05, 3.63) is 66.2 Å². The number of hydrogen-bond acceptors (Lipinski definition) is 4. The summed E-state index contributed by atoms with van der Waals surface area (Å²) in [6.45, 7) is 7.46. The molecule has 2 atom stereocenters. The molecule has 0 fully saturated rings. The fourth-order valence-electron chi connectivity index (χ4n) is 4.03. The zero-order valence-corrected chi connectivity index (χ0v) is 21.0. The zero-order valence-electron chi connectivity index (χ0n) is 21.0. The van der Waals surface area contributed by atoms with E-state index in [0.717, 1.165) is 12.0 Å². The number of aryl methyl sites for hydroxylation is 2. The van der Waals surface area contributed by atoms with Crippen LogP contribution < -0.4 is 10.6 Å². The Labute approximate surface area is 208 Å². The summed E-state index contributed by atoms with van der Waals surface area (Å²) in [5.74, 6) is -2.68.